The molecule has 5 nitrogen and oxygen atoms in total. The Balaban J connectivity index is 1.74. The van der Waals surface area contributed by atoms with Crippen LogP contribution in [-0.4, -0.2) is 45.3 Å². The van der Waals surface area contributed by atoms with Crippen LogP contribution in [0.25, 0.3) is 0 Å². The number of likely N-dealkylation sites (tertiary alicyclic amines) is 1. The molecule has 1 aromatic heterocycles. The van der Waals surface area contributed by atoms with Crippen molar-refractivity contribution in [3.63, 3.8) is 0 Å². The van der Waals surface area contributed by atoms with Crippen LogP contribution < -0.4 is 0 Å². The van der Waals surface area contributed by atoms with Gasteiger partial charge >= 0.3 is 5.97 Å². The van der Waals surface area contributed by atoms with E-state index in [0.29, 0.717) is 31.8 Å². The van der Waals surface area contributed by atoms with Gasteiger partial charge in [0, 0.05) is 25.0 Å². The Kier molecular flexibility index (Phi) is 3.79. The second kappa shape index (κ2) is 5.42. The van der Waals surface area contributed by atoms with E-state index < -0.39 is 17.5 Å². The van der Waals surface area contributed by atoms with Gasteiger partial charge in [0.05, 0.1) is 17.3 Å². The van der Waals surface area contributed by atoms with Crippen LogP contribution in [0.2, 0.25) is 0 Å². The first kappa shape index (κ1) is 14.0. The van der Waals surface area contributed by atoms with E-state index in [1.54, 1.807) is 16.8 Å². The number of nitrogens with zero attached hydrogens (tertiary/aromatic N) is 2. The third kappa shape index (κ3) is 2.73. The van der Waals surface area contributed by atoms with Crippen LogP contribution in [0.15, 0.2) is 10.9 Å². The molecule has 1 aliphatic carbocycles. The Morgan fingerprint density at radius 2 is 2.30 bits per heavy atom. The topological polar surface area (TPSA) is 73.7 Å². The highest BCUT2D eigenvalue weighted by Gasteiger charge is 2.51. The summed E-state index contributed by atoms with van der Waals surface area (Å²) in [5.74, 6) is -0.361. The van der Waals surface area contributed by atoms with Gasteiger partial charge in [0.15, 0.2) is 0 Å². The number of rotatable bonds is 5. The number of carboxylic acid groups (broad SMARTS) is 1. The third-order valence-electron chi connectivity index (χ3n) is 4.51. The molecule has 2 atom stereocenters. The summed E-state index contributed by atoms with van der Waals surface area (Å²) in [4.78, 5) is 18.2. The van der Waals surface area contributed by atoms with E-state index in [1.165, 1.54) is 0 Å². The standard InChI is InChI=1S/C14H20N2O3S/c17-12-3-4-16(6-11-7-20-9-15-11)8-14(12,13(18)19)5-10-1-2-10/h7,9-10,12,17H,1-6,8H2,(H,18,19)/t12-,14+/m0/s1. The number of aliphatic hydroxyl groups excluding tert-OH is 1. The average molecular weight is 296 g/mol. The van der Waals surface area contributed by atoms with E-state index >= 15 is 0 Å². The highest BCUT2D eigenvalue weighted by atomic mass is 32.1. The molecule has 0 unspecified atom stereocenters. The molecule has 0 spiro atoms. The van der Waals surface area contributed by atoms with E-state index in [1.807, 2.05) is 5.38 Å². The maximum Gasteiger partial charge on any atom is 0.313 e. The fraction of sp³-hybridized carbons (Fsp3) is 0.714. The maximum atomic E-state index is 11.8. The van der Waals surface area contributed by atoms with Crippen molar-refractivity contribution in [3.8, 4) is 0 Å². The zero-order valence-corrected chi connectivity index (χ0v) is 12.2. The van der Waals surface area contributed by atoms with Crippen LogP contribution in [0, 0.1) is 11.3 Å². The monoisotopic (exact) mass is 296 g/mol. The van der Waals surface area contributed by atoms with Gasteiger partial charge in [0.25, 0.3) is 0 Å². The number of piperidine rings is 1. The molecule has 2 heterocycles. The van der Waals surface area contributed by atoms with E-state index in [9.17, 15) is 15.0 Å². The Hall–Kier alpha value is -0.980. The van der Waals surface area contributed by atoms with Crippen molar-refractivity contribution in [2.45, 2.75) is 38.3 Å². The molecule has 0 amide bonds. The lowest BCUT2D eigenvalue weighted by Gasteiger charge is -2.43. The Morgan fingerprint density at radius 3 is 2.90 bits per heavy atom. The highest BCUT2D eigenvalue weighted by Crippen LogP contribution is 2.45. The van der Waals surface area contributed by atoms with Crippen molar-refractivity contribution < 1.29 is 15.0 Å². The maximum absolute atomic E-state index is 11.8. The summed E-state index contributed by atoms with van der Waals surface area (Å²) in [6.07, 6.45) is 2.62. The van der Waals surface area contributed by atoms with Crippen LogP contribution in [0.1, 0.15) is 31.4 Å². The van der Waals surface area contributed by atoms with Gasteiger partial charge in [0.1, 0.15) is 5.41 Å². The van der Waals surface area contributed by atoms with E-state index in [0.717, 1.165) is 25.1 Å². The Morgan fingerprint density at radius 1 is 1.50 bits per heavy atom. The molecular weight excluding hydrogens is 276 g/mol. The largest absolute Gasteiger partial charge is 0.481 e. The fourth-order valence-electron chi connectivity index (χ4n) is 3.18. The van der Waals surface area contributed by atoms with Gasteiger partial charge in [0.2, 0.25) is 0 Å². The normalized spacial score (nSPS) is 31.4. The molecule has 0 radical (unpaired) electrons. The van der Waals surface area contributed by atoms with Crippen LogP contribution in [-0.2, 0) is 11.3 Å². The summed E-state index contributed by atoms with van der Waals surface area (Å²) in [5.41, 5.74) is 1.79. The first-order valence-corrected chi connectivity index (χ1v) is 8.05. The Labute approximate surface area is 122 Å². The van der Waals surface area contributed by atoms with Crippen LogP contribution >= 0.6 is 11.3 Å². The molecule has 1 aromatic rings. The number of hydrogen-bond acceptors (Lipinski definition) is 5. The molecule has 2 aliphatic rings. The minimum Gasteiger partial charge on any atom is -0.481 e. The fourth-order valence-corrected chi connectivity index (χ4v) is 3.73. The van der Waals surface area contributed by atoms with Crippen molar-refractivity contribution in [1.29, 1.82) is 0 Å². The first-order chi connectivity index (χ1) is 9.60. The zero-order valence-electron chi connectivity index (χ0n) is 11.4. The van der Waals surface area contributed by atoms with Crippen LogP contribution in [0.5, 0.6) is 0 Å². The van der Waals surface area contributed by atoms with Crippen molar-refractivity contribution in [2.24, 2.45) is 11.3 Å². The summed E-state index contributed by atoms with van der Waals surface area (Å²) in [6.45, 7) is 1.84. The van der Waals surface area contributed by atoms with Crippen LogP contribution in [0.3, 0.4) is 0 Å². The minimum atomic E-state index is -0.991. The average Bonchev–Trinajstić information content (AvgIpc) is 3.07. The second-order valence-electron chi connectivity index (χ2n) is 6.10. The number of aliphatic hydroxyl groups is 1. The molecule has 2 fully saturated rings. The molecule has 2 N–H and O–H groups in total. The summed E-state index contributed by atoms with van der Waals surface area (Å²) >= 11 is 1.55. The lowest BCUT2D eigenvalue weighted by molar-refractivity contribution is -0.165. The van der Waals surface area contributed by atoms with Gasteiger partial charge in [-0.1, -0.05) is 12.8 Å². The number of thiazole rings is 1. The van der Waals surface area contributed by atoms with Gasteiger partial charge in [-0.25, -0.2) is 4.98 Å². The van der Waals surface area contributed by atoms with Gasteiger partial charge in [-0.2, -0.15) is 0 Å². The van der Waals surface area contributed by atoms with Crippen molar-refractivity contribution in [1.82, 2.24) is 9.88 Å². The quantitative estimate of drug-likeness (QED) is 0.863. The summed E-state index contributed by atoms with van der Waals surface area (Å²) in [6, 6.07) is 0. The molecule has 1 aliphatic heterocycles. The molecular formula is C14H20N2O3S. The molecule has 110 valence electrons. The summed E-state index contributed by atoms with van der Waals surface area (Å²) in [7, 11) is 0. The van der Waals surface area contributed by atoms with Gasteiger partial charge in [-0.15, -0.1) is 11.3 Å². The van der Waals surface area contributed by atoms with Gasteiger partial charge in [-0.3, -0.25) is 9.69 Å². The summed E-state index contributed by atoms with van der Waals surface area (Å²) in [5, 5.41) is 22.0. The number of aromatic nitrogens is 1. The molecule has 20 heavy (non-hydrogen) atoms. The van der Waals surface area contributed by atoms with Crippen molar-refractivity contribution in [2.75, 3.05) is 13.1 Å². The number of carbonyl (C=O) groups is 1. The molecule has 1 saturated heterocycles. The van der Waals surface area contributed by atoms with Gasteiger partial charge in [-0.05, 0) is 18.8 Å². The predicted molar refractivity (Wildman–Crippen MR) is 75.4 cm³/mol. The molecule has 1 saturated carbocycles. The smallest absolute Gasteiger partial charge is 0.313 e. The molecule has 3 rings (SSSR count). The van der Waals surface area contributed by atoms with E-state index in [4.69, 9.17) is 0 Å². The molecule has 0 bridgehead atoms. The number of carboxylic acids is 1. The second-order valence-corrected chi connectivity index (χ2v) is 6.82. The first-order valence-electron chi connectivity index (χ1n) is 7.11. The lowest BCUT2D eigenvalue weighted by atomic mass is 9.73. The minimum absolute atomic E-state index is 0.428. The lowest BCUT2D eigenvalue weighted by Crippen LogP contribution is -2.56. The van der Waals surface area contributed by atoms with E-state index in [2.05, 4.69) is 9.88 Å². The van der Waals surface area contributed by atoms with Crippen molar-refractivity contribution in [3.05, 3.63) is 16.6 Å². The highest BCUT2D eigenvalue weighted by molar-refractivity contribution is 7.07. The number of aliphatic carboxylic acids is 1. The van der Waals surface area contributed by atoms with Gasteiger partial charge < -0.3 is 10.2 Å². The predicted octanol–water partition coefficient (Wildman–Crippen LogP) is 1.58. The molecule has 0 aromatic carbocycles. The van der Waals surface area contributed by atoms with Crippen molar-refractivity contribution >= 4 is 17.3 Å². The molecule has 6 heteroatoms. The third-order valence-corrected chi connectivity index (χ3v) is 5.14. The van der Waals surface area contributed by atoms with E-state index in [-0.39, 0.29) is 0 Å². The van der Waals surface area contributed by atoms with Crippen LogP contribution in [0.4, 0.5) is 0 Å². The zero-order chi connectivity index (χ0) is 14.2. The SMILES string of the molecule is O=C(O)[C@]1(CC2CC2)CN(Cc2cscn2)CC[C@@H]1O. The Bertz CT molecular complexity index is 475. The summed E-state index contributed by atoms with van der Waals surface area (Å²) < 4.78 is 0. The number of hydrogen-bond donors (Lipinski definition) is 2.